The van der Waals surface area contributed by atoms with Crippen LogP contribution in [0.5, 0.6) is 0 Å². The summed E-state index contributed by atoms with van der Waals surface area (Å²) in [6.45, 7) is 8.53. The number of aliphatic hydroxyl groups excluding tert-OH is 1. The van der Waals surface area contributed by atoms with Gasteiger partial charge in [0.2, 0.25) is 17.9 Å². The number of esters is 4. The summed E-state index contributed by atoms with van der Waals surface area (Å²) in [5, 5.41) is 15.2. The van der Waals surface area contributed by atoms with Crippen LogP contribution in [0.15, 0.2) is 42.0 Å². The van der Waals surface area contributed by atoms with E-state index in [9.17, 15) is 33.9 Å². The molecule has 5 atom stereocenters. The maximum Gasteiger partial charge on any atom is 0.348 e. The maximum absolute atomic E-state index is 13.9. The van der Waals surface area contributed by atoms with Crippen molar-refractivity contribution in [2.75, 3.05) is 19.8 Å². The molecule has 2 saturated carbocycles. The molecule has 15 nitrogen and oxygen atoms in total. The molecule has 0 aromatic heterocycles. The van der Waals surface area contributed by atoms with Crippen LogP contribution in [0.4, 0.5) is 0 Å². The molecule has 310 valence electrons. The maximum atomic E-state index is 13.9. The molecule has 6 rings (SSSR count). The topological polar surface area (TPSA) is 202 Å². The van der Waals surface area contributed by atoms with Crippen molar-refractivity contribution in [3.8, 4) is 0 Å². The van der Waals surface area contributed by atoms with E-state index in [-0.39, 0.29) is 62.8 Å². The van der Waals surface area contributed by atoms with Crippen LogP contribution in [0.25, 0.3) is 6.08 Å². The largest absolute Gasteiger partial charge is 0.462 e. The Bertz CT molecular complexity index is 1770. The summed E-state index contributed by atoms with van der Waals surface area (Å²) >= 11 is 0. The Morgan fingerprint density at radius 1 is 1.00 bits per heavy atom. The summed E-state index contributed by atoms with van der Waals surface area (Å²) in [6.07, 6.45) is 4.97. The van der Waals surface area contributed by atoms with Gasteiger partial charge in [-0.05, 0) is 76.7 Å². The minimum Gasteiger partial charge on any atom is -0.462 e. The van der Waals surface area contributed by atoms with Gasteiger partial charge in [-0.25, -0.2) is 14.4 Å². The molecule has 1 aromatic rings. The summed E-state index contributed by atoms with van der Waals surface area (Å²) in [7, 11) is 0. The minimum absolute atomic E-state index is 0.0161. The SMILES string of the molecule is CC(C)(C)OC(=O)CC[C@@H](CO)NC(=O)CCNC(=O)C1=C[C@H]2OC(C3CC3)(C3CC3)O[C@H]2[C@H](OC(=O)c2ccccc2C=CC(=O)O[C@H]2C(=O)OCC2(C)C)C1. The highest BCUT2D eigenvalue weighted by atomic mass is 16.8. The Hall–Kier alpha value is -4.60. The first kappa shape index (κ1) is 42.0. The predicted octanol–water partition coefficient (Wildman–Crippen LogP) is 3.46. The van der Waals surface area contributed by atoms with Gasteiger partial charge in [-0.1, -0.05) is 32.0 Å². The number of nitrogens with one attached hydrogen (secondary N) is 2. The average Bonchev–Trinajstić information content (AvgIpc) is 4.10. The second-order valence-electron chi connectivity index (χ2n) is 17.2. The standard InChI is InChI=1S/C42H54N2O13/c1-40(2,3)56-34(48)17-15-28(22-45)44-32(46)18-19-43-37(49)25-20-30(35-31(21-25)55-42(57-35,26-11-12-26)27-13-14-27)53-38(50)29-9-7-6-8-24(29)10-16-33(47)54-36-39(51)52-23-41(36,4)5/h6-10,16,21,26-28,30-31,35-36,45H,11-15,17-20,22-23H2,1-5H3,(H,43,49)(H,44,46)/t28-,30+,31+,35-,36-/m0/s1. The van der Waals surface area contributed by atoms with Gasteiger partial charge in [-0.3, -0.25) is 14.4 Å². The van der Waals surface area contributed by atoms with Crippen molar-refractivity contribution in [3.63, 3.8) is 0 Å². The highest BCUT2D eigenvalue weighted by Crippen LogP contribution is 2.59. The fourth-order valence-corrected chi connectivity index (χ4v) is 7.44. The Balaban J connectivity index is 1.09. The smallest absolute Gasteiger partial charge is 0.348 e. The van der Waals surface area contributed by atoms with Gasteiger partial charge in [0.15, 0.2) is 5.79 Å². The lowest BCUT2D eigenvalue weighted by Gasteiger charge is -2.31. The number of cyclic esters (lactones) is 1. The number of hydrogen-bond acceptors (Lipinski definition) is 13. The van der Waals surface area contributed by atoms with Crippen molar-refractivity contribution in [2.45, 2.75) is 128 Å². The molecule has 2 aliphatic heterocycles. The molecule has 3 N–H and O–H groups in total. The first-order valence-corrected chi connectivity index (χ1v) is 19.8. The number of benzene rings is 1. The molecule has 1 aromatic carbocycles. The van der Waals surface area contributed by atoms with E-state index in [1.165, 1.54) is 6.08 Å². The van der Waals surface area contributed by atoms with Gasteiger partial charge in [0, 0.05) is 54.7 Å². The van der Waals surface area contributed by atoms with E-state index in [2.05, 4.69) is 10.6 Å². The van der Waals surface area contributed by atoms with Crippen molar-refractivity contribution in [3.05, 3.63) is 53.1 Å². The number of hydrogen-bond donors (Lipinski definition) is 3. The molecule has 0 unspecified atom stereocenters. The summed E-state index contributed by atoms with van der Waals surface area (Å²) in [5.41, 5.74) is -0.484. The molecule has 3 aliphatic carbocycles. The number of fused-ring (bicyclic) bond motifs is 1. The van der Waals surface area contributed by atoms with Crippen LogP contribution >= 0.6 is 0 Å². The van der Waals surface area contributed by atoms with Gasteiger partial charge in [-0.15, -0.1) is 0 Å². The summed E-state index contributed by atoms with van der Waals surface area (Å²) < 4.78 is 35.2. The number of amides is 2. The molecule has 5 aliphatic rings. The highest BCUT2D eigenvalue weighted by Gasteiger charge is 2.64. The second kappa shape index (κ2) is 17.1. The van der Waals surface area contributed by atoms with Crippen molar-refractivity contribution in [1.29, 1.82) is 0 Å². The van der Waals surface area contributed by atoms with Crippen molar-refractivity contribution >= 4 is 41.8 Å². The van der Waals surface area contributed by atoms with Crippen LogP contribution in [0, 0.1) is 17.3 Å². The van der Waals surface area contributed by atoms with Crippen LogP contribution in [-0.2, 0) is 52.4 Å². The van der Waals surface area contributed by atoms with Crippen LogP contribution in [0.3, 0.4) is 0 Å². The van der Waals surface area contributed by atoms with E-state index < -0.39 is 83.0 Å². The Morgan fingerprint density at radius 3 is 2.33 bits per heavy atom. The monoisotopic (exact) mass is 794 g/mol. The van der Waals surface area contributed by atoms with E-state index in [4.69, 9.17) is 28.4 Å². The molecule has 0 bridgehead atoms. The zero-order valence-electron chi connectivity index (χ0n) is 33.2. The summed E-state index contributed by atoms with van der Waals surface area (Å²) in [4.78, 5) is 77.0. The number of ether oxygens (including phenoxy) is 6. The normalized spacial score (nSPS) is 25.4. The lowest BCUT2D eigenvalue weighted by atomic mass is 9.90. The molecular weight excluding hydrogens is 740 g/mol. The van der Waals surface area contributed by atoms with Gasteiger partial charge < -0.3 is 44.2 Å². The molecule has 0 spiro atoms. The van der Waals surface area contributed by atoms with E-state index in [0.29, 0.717) is 11.1 Å². The fraction of sp³-hybridized carbons (Fsp3) is 0.619. The van der Waals surface area contributed by atoms with Crippen LogP contribution in [0.2, 0.25) is 0 Å². The number of rotatable bonds is 16. The zero-order chi connectivity index (χ0) is 41.1. The first-order valence-electron chi connectivity index (χ1n) is 19.8. The van der Waals surface area contributed by atoms with E-state index in [1.54, 1.807) is 65.0 Å². The van der Waals surface area contributed by atoms with E-state index in [0.717, 1.165) is 31.8 Å². The lowest BCUT2D eigenvalue weighted by Crippen LogP contribution is -2.44. The average molecular weight is 795 g/mol. The molecular formula is C42H54N2O13. The second-order valence-corrected chi connectivity index (χ2v) is 17.2. The molecule has 4 fully saturated rings. The molecule has 0 radical (unpaired) electrons. The molecule has 57 heavy (non-hydrogen) atoms. The van der Waals surface area contributed by atoms with Crippen LogP contribution in [0.1, 0.15) is 102 Å². The van der Waals surface area contributed by atoms with Crippen LogP contribution < -0.4 is 10.6 Å². The van der Waals surface area contributed by atoms with Crippen molar-refractivity contribution in [1.82, 2.24) is 10.6 Å². The van der Waals surface area contributed by atoms with E-state index in [1.807, 2.05) is 0 Å². The van der Waals surface area contributed by atoms with Gasteiger partial charge >= 0.3 is 23.9 Å². The number of aliphatic hydroxyl groups is 1. The minimum atomic E-state index is -1.06. The van der Waals surface area contributed by atoms with Crippen LogP contribution in [-0.4, -0.2) is 102 Å². The third kappa shape index (κ3) is 10.5. The Morgan fingerprint density at radius 2 is 1.70 bits per heavy atom. The third-order valence-corrected chi connectivity index (χ3v) is 10.6. The van der Waals surface area contributed by atoms with Gasteiger partial charge in [0.1, 0.15) is 30.5 Å². The quantitative estimate of drug-likeness (QED) is 0.125. The Labute approximate surface area is 332 Å². The van der Waals surface area contributed by atoms with Crippen molar-refractivity contribution in [2.24, 2.45) is 17.3 Å². The molecule has 2 amide bonds. The van der Waals surface area contributed by atoms with Gasteiger partial charge in [0.05, 0.1) is 18.2 Å². The Kier molecular flexibility index (Phi) is 12.6. The number of carbonyl (C=O) groups excluding carboxylic acids is 6. The first-order chi connectivity index (χ1) is 27.0. The predicted molar refractivity (Wildman–Crippen MR) is 202 cm³/mol. The van der Waals surface area contributed by atoms with Crippen molar-refractivity contribution < 1.29 is 62.3 Å². The summed E-state index contributed by atoms with van der Waals surface area (Å²) in [6, 6.07) is 5.89. The third-order valence-electron chi connectivity index (χ3n) is 10.6. The highest BCUT2D eigenvalue weighted by molar-refractivity contribution is 5.97. The molecule has 2 saturated heterocycles. The summed E-state index contributed by atoms with van der Waals surface area (Å²) in [5.74, 6) is -3.78. The fourth-order valence-electron chi connectivity index (χ4n) is 7.44. The number of carbonyl (C=O) groups is 6. The van der Waals surface area contributed by atoms with Gasteiger partial charge in [0.25, 0.3) is 0 Å². The zero-order valence-corrected chi connectivity index (χ0v) is 33.2. The lowest BCUT2D eigenvalue weighted by molar-refractivity contribution is -0.209. The molecule has 2 heterocycles. The molecule has 15 heteroatoms. The van der Waals surface area contributed by atoms with E-state index >= 15 is 0 Å². The van der Waals surface area contributed by atoms with Gasteiger partial charge in [-0.2, -0.15) is 0 Å².